The SMILES string of the molecule is NCCCCCC(=O)NCCCCCC(O)O. The summed E-state index contributed by atoms with van der Waals surface area (Å²) in [5.41, 5.74) is 5.36. The molecule has 0 bridgehead atoms. The van der Waals surface area contributed by atoms with E-state index < -0.39 is 6.29 Å². The topological polar surface area (TPSA) is 95.6 Å². The van der Waals surface area contributed by atoms with Crippen LogP contribution in [-0.2, 0) is 4.79 Å². The molecule has 17 heavy (non-hydrogen) atoms. The van der Waals surface area contributed by atoms with Gasteiger partial charge in [0.25, 0.3) is 0 Å². The van der Waals surface area contributed by atoms with Crippen LogP contribution < -0.4 is 11.1 Å². The summed E-state index contributed by atoms with van der Waals surface area (Å²) < 4.78 is 0. The van der Waals surface area contributed by atoms with Crippen LogP contribution in [0.4, 0.5) is 0 Å². The first-order valence-electron chi connectivity index (χ1n) is 6.49. The van der Waals surface area contributed by atoms with Crippen LogP contribution in [0.5, 0.6) is 0 Å². The van der Waals surface area contributed by atoms with Crippen LogP contribution in [-0.4, -0.2) is 35.5 Å². The van der Waals surface area contributed by atoms with Crippen molar-refractivity contribution >= 4 is 5.91 Å². The number of carbonyl (C=O) groups is 1. The van der Waals surface area contributed by atoms with Gasteiger partial charge in [-0.1, -0.05) is 12.8 Å². The van der Waals surface area contributed by atoms with Crippen molar-refractivity contribution in [3.05, 3.63) is 0 Å². The third kappa shape index (κ3) is 13.3. The van der Waals surface area contributed by atoms with Gasteiger partial charge in [0.05, 0.1) is 0 Å². The molecular weight excluding hydrogens is 220 g/mol. The molecule has 5 heteroatoms. The van der Waals surface area contributed by atoms with Crippen LogP contribution in [0.25, 0.3) is 0 Å². The van der Waals surface area contributed by atoms with Crippen molar-refractivity contribution < 1.29 is 15.0 Å². The second kappa shape index (κ2) is 11.8. The molecule has 0 aromatic rings. The lowest BCUT2D eigenvalue weighted by atomic mass is 10.1. The second-order valence-corrected chi connectivity index (χ2v) is 4.28. The predicted octanol–water partition coefficient (Wildman–Crippen LogP) is 0.493. The number of aliphatic hydroxyl groups excluding tert-OH is 1. The Morgan fingerprint density at radius 3 is 2.41 bits per heavy atom. The molecule has 0 aromatic carbocycles. The van der Waals surface area contributed by atoms with Crippen molar-refractivity contribution in [3.8, 4) is 0 Å². The van der Waals surface area contributed by atoms with Gasteiger partial charge in [0.2, 0.25) is 5.91 Å². The standard InChI is InChI=1S/C12H26N2O3/c13-9-5-1-3-7-11(15)14-10-6-2-4-8-12(16)17/h12,16-17H,1-10,13H2,(H,14,15). The first kappa shape index (κ1) is 16.4. The van der Waals surface area contributed by atoms with E-state index in [2.05, 4.69) is 5.32 Å². The molecule has 5 nitrogen and oxygen atoms in total. The third-order valence-electron chi connectivity index (χ3n) is 2.57. The summed E-state index contributed by atoms with van der Waals surface area (Å²) >= 11 is 0. The number of hydrogen-bond donors (Lipinski definition) is 4. The Morgan fingerprint density at radius 1 is 1.06 bits per heavy atom. The normalized spacial score (nSPS) is 10.8. The van der Waals surface area contributed by atoms with E-state index in [1.54, 1.807) is 0 Å². The maximum atomic E-state index is 11.3. The van der Waals surface area contributed by atoms with Crippen molar-refractivity contribution in [2.75, 3.05) is 13.1 Å². The van der Waals surface area contributed by atoms with E-state index in [0.717, 1.165) is 38.5 Å². The zero-order valence-electron chi connectivity index (χ0n) is 10.5. The largest absolute Gasteiger partial charge is 0.368 e. The molecule has 0 aromatic heterocycles. The molecule has 0 unspecified atom stereocenters. The van der Waals surface area contributed by atoms with Gasteiger partial charge in [-0.2, -0.15) is 0 Å². The average molecular weight is 246 g/mol. The molecule has 0 fully saturated rings. The quantitative estimate of drug-likeness (QED) is 0.315. The molecule has 102 valence electrons. The van der Waals surface area contributed by atoms with Crippen molar-refractivity contribution in [1.82, 2.24) is 5.32 Å². The van der Waals surface area contributed by atoms with E-state index >= 15 is 0 Å². The Morgan fingerprint density at radius 2 is 1.76 bits per heavy atom. The van der Waals surface area contributed by atoms with Gasteiger partial charge < -0.3 is 21.3 Å². The lowest BCUT2D eigenvalue weighted by Crippen LogP contribution is -2.24. The minimum Gasteiger partial charge on any atom is -0.368 e. The second-order valence-electron chi connectivity index (χ2n) is 4.28. The van der Waals surface area contributed by atoms with Gasteiger partial charge in [-0.25, -0.2) is 0 Å². The molecule has 0 aliphatic heterocycles. The summed E-state index contributed by atoms with van der Waals surface area (Å²) in [6, 6.07) is 0. The summed E-state index contributed by atoms with van der Waals surface area (Å²) in [4.78, 5) is 11.3. The van der Waals surface area contributed by atoms with E-state index in [1.807, 2.05) is 0 Å². The molecule has 5 N–H and O–H groups in total. The van der Waals surface area contributed by atoms with Crippen LogP contribution in [0, 0.1) is 0 Å². The Balaban J connectivity index is 3.16. The first-order chi connectivity index (χ1) is 8.16. The molecular formula is C12H26N2O3. The average Bonchev–Trinajstić information content (AvgIpc) is 2.29. The van der Waals surface area contributed by atoms with Crippen molar-refractivity contribution in [2.45, 2.75) is 57.7 Å². The van der Waals surface area contributed by atoms with Crippen LogP contribution in [0.15, 0.2) is 0 Å². The van der Waals surface area contributed by atoms with Gasteiger partial charge in [0.15, 0.2) is 6.29 Å². The summed E-state index contributed by atoms with van der Waals surface area (Å²) in [6.07, 6.45) is 5.26. The zero-order chi connectivity index (χ0) is 12.9. The molecule has 0 aliphatic rings. The van der Waals surface area contributed by atoms with E-state index in [1.165, 1.54) is 0 Å². The van der Waals surface area contributed by atoms with E-state index in [9.17, 15) is 4.79 Å². The fraction of sp³-hybridized carbons (Fsp3) is 0.917. The minimum absolute atomic E-state index is 0.101. The Kier molecular flexibility index (Phi) is 11.4. The van der Waals surface area contributed by atoms with Crippen LogP contribution in [0.2, 0.25) is 0 Å². The molecule has 0 spiro atoms. The summed E-state index contributed by atoms with van der Waals surface area (Å²) in [5, 5.41) is 20.1. The number of rotatable bonds is 11. The number of aliphatic hydroxyl groups is 2. The van der Waals surface area contributed by atoms with Gasteiger partial charge in [-0.15, -0.1) is 0 Å². The van der Waals surface area contributed by atoms with Crippen molar-refractivity contribution in [1.29, 1.82) is 0 Å². The molecule has 0 aliphatic carbocycles. The minimum atomic E-state index is -1.20. The first-order valence-corrected chi connectivity index (χ1v) is 6.49. The van der Waals surface area contributed by atoms with E-state index in [4.69, 9.17) is 15.9 Å². The molecule has 1 amide bonds. The summed E-state index contributed by atoms with van der Waals surface area (Å²) in [7, 11) is 0. The maximum absolute atomic E-state index is 11.3. The fourth-order valence-corrected chi connectivity index (χ4v) is 1.55. The van der Waals surface area contributed by atoms with Gasteiger partial charge >= 0.3 is 0 Å². The molecule has 0 saturated carbocycles. The third-order valence-corrected chi connectivity index (χ3v) is 2.57. The number of nitrogens with two attached hydrogens (primary N) is 1. The van der Waals surface area contributed by atoms with Crippen molar-refractivity contribution in [3.63, 3.8) is 0 Å². The number of unbranched alkanes of at least 4 members (excludes halogenated alkanes) is 4. The highest BCUT2D eigenvalue weighted by Gasteiger charge is 2.00. The molecule has 0 rings (SSSR count). The Labute approximate surface area is 103 Å². The van der Waals surface area contributed by atoms with Gasteiger partial charge in [-0.3, -0.25) is 4.79 Å². The summed E-state index contributed by atoms with van der Waals surface area (Å²) in [6.45, 7) is 1.37. The van der Waals surface area contributed by atoms with Gasteiger partial charge in [0, 0.05) is 13.0 Å². The van der Waals surface area contributed by atoms with Gasteiger partial charge in [0.1, 0.15) is 0 Å². The Hall–Kier alpha value is -0.650. The monoisotopic (exact) mass is 246 g/mol. The number of nitrogens with one attached hydrogen (secondary N) is 1. The molecule has 0 atom stereocenters. The molecule has 0 radical (unpaired) electrons. The predicted molar refractivity (Wildman–Crippen MR) is 67.2 cm³/mol. The number of amides is 1. The fourth-order valence-electron chi connectivity index (χ4n) is 1.55. The Bertz CT molecular complexity index is 187. The van der Waals surface area contributed by atoms with E-state index in [0.29, 0.717) is 25.9 Å². The van der Waals surface area contributed by atoms with Crippen molar-refractivity contribution in [2.24, 2.45) is 5.73 Å². The van der Waals surface area contributed by atoms with Crippen LogP contribution in [0.3, 0.4) is 0 Å². The molecule has 0 saturated heterocycles. The highest BCUT2D eigenvalue weighted by molar-refractivity contribution is 5.75. The highest BCUT2D eigenvalue weighted by Crippen LogP contribution is 2.02. The maximum Gasteiger partial charge on any atom is 0.219 e. The lowest BCUT2D eigenvalue weighted by Gasteiger charge is -2.05. The summed E-state index contributed by atoms with van der Waals surface area (Å²) in [5.74, 6) is 0.101. The highest BCUT2D eigenvalue weighted by atomic mass is 16.5. The number of hydrogen-bond acceptors (Lipinski definition) is 4. The molecule has 0 heterocycles. The van der Waals surface area contributed by atoms with Gasteiger partial charge in [-0.05, 0) is 38.6 Å². The number of carbonyl (C=O) groups excluding carboxylic acids is 1. The lowest BCUT2D eigenvalue weighted by molar-refractivity contribution is -0.121. The van der Waals surface area contributed by atoms with E-state index in [-0.39, 0.29) is 5.91 Å². The van der Waals surface area contributed by atoms with Crippen LogP contribution >= 0.6 is 0 Å². The van der Waals surface area contributed by atoms with Crippen LogP contribution in [0.1, 0.15) is 51.4 Å². The zero-order valence-corrected chi connectivity index (χ0v) is 10.5. The smallest absolute Gasteiger partial charge is 0.219 e.